The molecule has 2 rings (SSSR count). The maximum atomic E-state index is 11.9. The second-order valence-electron chi connectivity index (χ2n) is 6.19. The fourth-order valence-corrected chi connectivity index (χ4v) is 3.09. The molecule has 0 heterocycles. The van der Waals surface area contributed by atoms with Gasteiger partial charge in [0.25, 0.3) is 0 Å². The van der Waals surface area contributed by atoms with Crippen molar-refractivity contribution >= 4 is 33.6 Å². The van der Waals surface area contributed by atoms with Gasteiger partial charge in [0, 0.05) is 15.9 Å². The van der Waals surface area contributed by atoms with Crippen LogP contribution in [0.4, 0.5) is 4.79 Å². The van der Waals surface area contributed by atoms with Crippen LogP contribution in [0.2, 0.25) is 5.02 Å². The molecule has 2 N–H and O–H groups in total. The van der Waals surface area contributed by atoms with Crippen molar-refractivity contribution in [2.45, 2.75) is 31.8 Å². The first-order valence-electron chi connectivity index (χ1n) is 8.56. The Balaban J connectivity index is 2.15. The van der Waals surface area contributed by atoms with Gasteiger partial charge in [-0.3, -0.25) is 0 Å². The highest BCUT2D eigenvalue weighted by atomic mass is 79.9. The van der Waals surface area contributed by atoms with E-state index in [9.17, 15) is 9.90 Å². The van der Waals surface area contributed by atoms with Crippen LogP contribution in [-0.2, 0) is 16.8 Å². The summed E-state index contributed by atoms with van der Waals surface area (Å²) in [4.78, 5) is 11.9. The Labute approximate surface area is 167 Å². The van der Waals surface area contributed by atoms with E-state index in [1.54, 1.807) is 12.1 Å². The van der Waals surface area contributed by atoms with E-state index < -0.39 is 11.7 Å². The lowest BCUT2D eigenvalue weighted by atomic mass is 9.87. The monoisotopic (exact) mass is 439 g/mol. The Bertz CT molecular complexity index is 723. The van der Waals surface area contributed by atoms with Crippen molar-refractivity contribution in [3.63, 3.8) is 0 Å². The topological polar surface area (TPSA) is 58.6 Å². The van der Waals surface area contributed by atoms with Crippen LogP contribution < -0.4 is 5.32 Å². The first kappa shape index (κ1) is 20.7. The minimum atomic E-state index is -1.28. The van der Waals surface area contributed by atoms with Gasteiger partial charge in [-0.05, 0) is 41.8 Å². The molecule has 1 amide bonds. The Kier molecular flexibility index (Phi) is 7.94. The Morgan fingerprint density at radius 2 is 2.00 bits per heavy atom. The number of benzene rings is 2. The van der Waals surface area contributed by atoms with Gasteiger partial charge in [-0.1, -0.05) is 65.1 Å². The summed E-state index contributed by atoms with van der Waals surface area (Å²) in [6.45, 7) is 2.44. The van der Waals surface area contributed by atoms with Crippen LogP contribution in [0.25, 0.3) is 0 Å². The Morgan fingerprint density at radius 1 is 1.27 bits per heavy atom. The SMILES string of the molecule is CCCCOC(=O)NCC(O)(Cc1ccc(Cl)cc1)c1cccc(Br)c1. The van der Waals surface area contributed by atoms with Gasteiger partial charge in [0.05, 0.1) is 13.2 Å². The third-order valence-corrected chi connectivity index (χ3v) is 4.77. The number of hydrogen-bond acceptors (Lipinski definition) is 3. The summed E-state index contributed by atoms with van der Waals surface area (Å²) in [5.41, 5.74) is 0.343. The molecule has 0 fully saturated rings. The summed E-state index contributed by atoms with van der Waals surface area (Å²) >= 11 is 9.37. The number of carbonyl (C=O) groups excluding carboxylic acids is 1. The maximum Gasteiger partial charge on any atom is 0.407 e. The summed E-state index contributed by atoms with van der Waals surface area (Å²) in [7, 11) is 0. The van der Waals surface area contributed by atoms with Crippen LogP contribution in [-0.4, -0.2) is 24.4 Å². The fraction of sp³-hybridized carbons (Fsp3) is 0.350. The van der Waals surface area contributed by atoms with Crippen LogP contribution in [0.15, 0.2) is 53.0 Å². The maximum absolute atomic E-state index is 11.9. The average molecular weight is 441 g/mol. The zero-order chi connectivity index (χ0) is 19.0. The summed E-state index contributed by atoms with van der Waals surface area (Å²) < 4.78 is 5.97. The second kappa shape index (κ2) is 9.95. The molecule has 1 atom stereocenters. The van der Waals surface area contributed by atoms with Crippen molar-refractivity contribution in [2.75, 3.05) is 13.2 Å². The van der Waals surface area contributed by atoms with E-state index in [0.29, 0.717) is 23.6 Å². The highest BCUT2D eigenvalue weighted by Crippen LogP contribution is 2.28. The molecule has 2 aromatic carbocycles. The fourth-order valence-electron chi connectivity index (χ4n) is 2.56. The van der Waals surface area contributed by atoms with Gasteiger partial charge < -0.3 is 15.2 Å². The van der Waals surface area contributed by atoms with E-state index in [0.717, 1.165) is 22.9 Å². The Morgan fingerprint density at radius 3 is 2.65 bits per heavy atom. The number of amides is 1. The summed E-state index contributed by atoms with van der Waals surface area (Å²) in [6, 6.07) is 14.7. The van der Waals surface area contributed by atoms with Crippen molar-refractivity contribution in [1.29, 1.82) is 0 Å². The molecule has 6 heteroatoms. The van der Waals surface area contributed by atoms with Gasteiger partial charge >= 0.3 is 6.09 Å². The molecular formula is C20H23BrClNO3. The summed E-state index contributed by atoms with van der Waals surface area (Å²) in [5.74, 6) is 0. The van der Waals surface area contributed by atoms with Crippen LogP contribution >= 0.6 is 27.5 Å². The standard InChI is InChI=1S/C20H23BrClNO3/c1-2-3-11-26-19(24)23-14-20(25,16-5-4-6-17(21)12-16)13-15-7-9-18(22)10-8-15/h4-10,12,25H,2-3,11,13-14H2,1H3,(H,23,24). The average Bonchev–Trinajstić information content (AvgIpc) is 2.62. The molecule has 1 unspecified atom stereocenters. The number of unbranched alkanes of at least 4 members (excludes halogenated alkanes) is 1. The van der Waals surface area contributed by atoms with Gasteiger partial charge in [-0.25, -0.2) is 4.79 Å². The highest BCUT2D eigenvalue weighted by molar-refractivity contribution is 9.10. The lowest BCUT2D eigenvalue weighted by Gasteiger charge is -2.29. The zero-order valence-electron chi connectivity index (χ0n) is 14.7. The number of carbonyl (C=O) groups is 1. The number of aliphatic hydroxyl groups is 1. The molecule has 0 aliphatic rings. The van der Waals surface area contributed by atoms with E-state index in [-0.39, 0.29) is 6.54 Å². The van der Waals surface area contributed by atoms with Crippen LogP contribution in [0.1, 0.15) is 30.9 Å². The third-order valence-electron chi connectivity index (χ3n) is 4.03. The van der Waals surface area contributed by atoms with Crippen LogP contribution in [0.5, 0.6) is 0 Å². The van der Waals surface area contributed by atoms with Gasteiger partial charge in [0.2, 0.25) is 0 Å². The molecule has 0 bridgehead atoms. The molecule has 26 heavy (non-hydrogen) atoms. The summed E-state index contributed by atoms with van der Waals surface area (Å²) in [5, 5.41) is 14.6. The van der Waals surface area contributed by atoms with E-state index in [2.05, 4.69) is 21.2 Å². The van der Waals surface area contributed by atoms with E-state index in [4.69, 9.17) is 16.3 Å². The molecule has 140 valence electrons. The smallest absolute Gasteiger partial charge is 0.407 e. The predicted octanol–water partition coefficient (Wildman–Crippen LogP) is 5.06. The van der Waals surface area contributed by atoms with Crippen molar-refractivity contribution in [3.05, 3.63) is 69.2 Å². The number of alkyl carbamates (subject to hydrolysis) is 1. The largest absolute Gasteiger partial charge is 0.450 e. The number of halogens is 2. The number of hydrogen-bond donors (Lipinski definition) is 2. The highest BCUT2D eigenvalue weighted by Gasteiger charge is 2.30. The minimum Gasteiger partial charge on any atom is -0.450 e. The number of nitrogens with one attached hydrogen (secondary N) is 1. The molecule has 2 aromatic rings. The molecule has 0 saturated carbocycles. The Hall–Kier alpha value is -1.56. The molecule has 0 aliphatic carbocycles. The van der Waals surface area contributed by atoms with E-state index in [1.165, 1.54) is 0 Å². The number of rotatable bonds is 8. The number of ether oxygens (including phenoxy) is 1. The molecule has 4 nitrogen and oxygen atoms in total. The molecule has 0 radical (unpaired) electrons. The van der Waals surface area contributed by atoms with Crippen molar-refractivity contribution in [1.82, 2.24) is 5.32 Å². The lowest BCUT2D eigenvalue weighted by Crippen LogP contribution is -2.42. The van der Waals surface area contributed by atoms with Gasteiger partial charge in [0.1, 0.15) is 5.60 Å². The van der Waals surface area contributed by atoms with Crippen molar-refractivity contribution in [2.24, 2.45) is 0 Å². The normalized spacial score (nSPS) is 13.1. The third kappa shape index (κ3) is 6.31. The van der Waals surface area contributed by atoms with Crippen molar-refractivity contribution < 1.29 is 14.6 Å². The molecule has 0 aromatic heterocycles. The first-order valence-corrected chi connectivity index (χ1v) is 9.73. The molecule has 0 saturated heterocycles. The molecular weight excluding hydrogens is 418 g/mol. The van der Waals surface area contributed by atoms with E-state index in [1.807, 2.05) is 43.3 Å². The first-order chi connectivity index (χ1) is 12.4. The molecule has 0 spiro atoms. The lowest BCUT2D eigenvalue weighted by molar-refractivity contribution is 0.0349. The summed E-state index contributed by atoms with van der Waals surface area (Å²) in [6.07, 6.45) is 1.57. The van der Waals surface area contributed by atoms with Gasteiger partial charge in [0.15, 0.2) is 0 Å². The predicted molar refractivity (Wildman–Crippen MR) is 107 cm³/mol. The zero-order valence-corrected chi connectivity index (χ0v) is 17.0. The van der Waals surface area contributed by atoms with Gasteiger partial charge in [-0.15, -0.1) is 0 Å². The minimum absolute atomic E-state index is 0.0387. The molecule has 0 aliphatic heterocycles. The second-order valence-corrected chi connectivity index (χ2v) is 7.54. The quantitative estimate of drug-likeness (QED) is 0.564. The van der Waals surface area contributed by atoms with E-state index >= 15 is 0 Å². The van der Waals surface area contributed by atoms with Gasteiger partial charge in [-0.2, -0.15) is 0 Å². The van der Waals surface area contributed by atoms with Crippen LogP contribution in [0, 0.1) is 0 Å². The van der Waals surface area contributed by atoms with Crippen LogP contribution in [0.3, 0.4) is 0 Å². The van der Waals surface area contributed by atoms with Crippen molar-refractivity contribution in [3.8, 4) is 0 Å².